The molecule has 110 valence electrons. The van der Waals surface area contributed by atoms with Gasteiger partial charge in [0, 0.05) is 10.6 Å². The topological polar surface area (TPSA) is 26.0 Å². The monoisotopic (exact) mass is 333 g/mol. The molecule has 0 aromatic heterocycles. The van der Waals surface area contributed by atoms with Crippen molar-refractivity contribution in [1.29, 1.82) is 0 Å². The summed E-state index contributed by atoms with van der Waals surface area (Å²) < 4.78 is 79.7. The number of nitrogen functional groups attached to an aromatic ring is 1. The average Bonchev–Trinajstić information content (AvgIpc) is 2.43. The number of hydrogen-bond acceptors (Lipinski definition) is 2. The number of halogens is 7. The third kappa shape index (κ3) is 1.88. The zero-order valence-corrected chi connectivity index (χ0v) is 11.0. The van der Waals surface area contributed by atoms with E-state index in [0.29, 0.717) is 0 Å². The van der Waals surface area contributed by atoms with Crippen LogP contribution in [0.5, 0.6) is 0 Å². The molecule has 0 aliphatic heterocycles. The fraction of sp³-hybridized carbons (Fsp3) is 0.273. The lowest BCUT2D eigenvalue weighted by molar-refractivity contribution is -0.261. The number of alkyl halides is 6. The number of rotatable bonds is 2. The summed E-state index contributed by atoms with van der Waals surface area (Å²) in [5.41, 5.74) is 5.45. The first kappa shape index (κ1) is 15.4. The highest BCUT2D eigenvalue weighted by atomic mass is 35.5. The summed E-state index contributed by atoms with van der Waals surface area (Å²) in [4.78, 5) is -1.65. The summed E-state index contributed by atoms with van der Waals surface area (Å²) in [5, 5.41) is -1.86. The SMILES string of the molecule is Nc1ccccc1SC1=C(Cl)C(F)(F)C(F)(F)C1(F)F. The van der Waals surface area contributed by atoms with Gasteiger partial charge in [0.2, 0.25) is 0 Å². The molecule has 0 bridgehead atoms. The molecule has 0 fully saturated rings. The van der Waals surface area contributed by atoms with Crippen LogP contribution in [-0.2, 0) is 0 Å². The summed E-state index contributed by atoms with van der Waals surface area (Å²) in [5.74, 6) is -15.8. The van der Waals surface area contributed by atoms with Gasteiger partial charge in [-0.15, -0.1) is 0 Å². The van der Waals surface area contributed by atoms with Gasteiger partial charge in [-0.05, 0) is 12.1 Å². The quantitative estimate of drug-likeness (QED) is 0.625. The molecular weight excluding hydrogens is 328 g/mol. The lowest BCUT2D eigenvalue weighted by atomic mass is 10.2. The molecule has 0 amide bonds. The Morgan fingerprint density at radius 2 is 1.50 bits per heavy atom. The fourth-order valence-corrected chi connectivity index (χ4v) is 2.93. The molecule has 1 aromatic carbocycles. The smallest absolute Gasteiger partial charge is 0.382 e. The van der Waals surface area contributed by atoms with Crippen LogP contribution >= 0.6 is 23.4 Å². The van der Waals surface area contributed by atoms with Crippen LogP contribution in [-0.4, -0.2) is 17.8 Å². The second-order valence-corrected chi connectivity index (χ2v) is 5.44. The van der Waals surface area contributed by atoms with E-state index in [9.17, 15) is 26.3 Å². The Hall–Kier alpha value is -1.02. The maximum absolute atomic E-state index is 13.5. The van der Waals surface area contributed by atoms with Crippen LogP contribution in [0.4, 0.5) is 32.0 Å². The van der Waals surface area contributed by atoms with Gasteiger partial charge in [-0.1, -0.05) is 35.5 Å². The van der Waals surface area contributed by atoms with Gasteiger partial charge in [0.1, 0.15) is 5.03 Å². The van der Waals surface area contributed by atoms with Crippen LogP contribution < -0.4 is 5.73 Å². The second-order valence-electron chi connectivity index (χ2n) is 4.01. The molecule has 20 heavy (non-hydrogen) atoms. The Bertz CT molecular complexity index is 586. The van der Waals surface area contributed by atoms with E-state index >= 15 is 0 Å². The average molecular weight is 334 g/mol. The molecule has 1 aromatic rings. The first-order valence-corrected chi connectivity index (χ1v) is 6.29. The van der Waals surface area contributed by atoms with Crippen LogP contribution in [0.2, 0.25) is 0 Å². The Balaban J connectivity index is 2.51. The van der Waals surface area contributed by atoms with E-state index in [1.807, 2.05) is 0 Å². The van der Waals surface area contributed by atoms with Crippen molar-refractivity contribution in [2.45, 2.75) is 22.7 Å². The number of para-hydroxylation sites is 1. The molecule has 0 unspecified atom stereocenters. The van der Waals surface area contributed by atoms with E-state index in [2.05, 4.69) is 0 Å². The highest BCUT2D eigenvalue weighted by molar-refractivity contribution is 8.03. The first-order chi connectivity index (χ1) is 9.03. The molecule has 0 radical (unpaired) electrons. The van der Waals surface area contributed by atoms with Crippen molar-refractivity contribution in [2.24, 2.45) is 0 Å². The molecule has 1 aliphatic carbocycles. The van der Waals surface area contributed by atoms with Gasteiger partial charge in [-0.2, -0.15) is 26.3 Å². The minimum absolute atomic E-state index is 0.0101. The minimum atomic E-state index is -5.58. The third-order valence-corrected chi connectivity index (χ3v) is 4.47. The number of nitrogens with two attached hydrogens (primary N) is 1. The fourth-order valence-electron chi connectivity index (χ4n) is 1.55. The molecule has 2 N–H and O–H groups in total. The van der Waals surface area contributed by atoms with Gasteiger partial charge in [0.25, 0.3) is 0 Å². The molecule has 9 heteroatoms. The normalized spacial score (nSPS) is 23.1. The van der Waals surface area contributed by atoms with Crippen LogP contribution in [0.3, 0.4) is 0 Å². The summed E-state index contributed by atoms with van der Waals surface area (Å²) in [6.45, 7) is 0. The minimum Gasteiger partial charge on any atom is -0.398 e. The Morgan fingerprint density at radius 3 is 1.95 bits per heavy atom. The van der Waals surface area contributed by atoms with Gasteiger partial charge >= 0.3 is 17.8 Å². The number of thioether (sulfide) groups is 1. The number of allylic oxidation sites excluding steroid dienone is 2. The van der Waals surface area contributed by atoms with Crippen LogP contribution in [0.15, 0.2) is 39.1 Å². The Kier molecular flexibility index (Phi) is 3.45. The van der Waals surface area contributed by atoms with Gasteiger partial charge in [0.15, 0.2) is 0 Å². The van der Waals surface area contributed by atoms with Crippen molar-refractivity contribution in [3.8, 4) is 0 Å². The van der Waals surface area contributed by atoms with Crippen molar-refractivity contribution in [3.63, 3.8) is 0 Å². The summed E-state index contributed by atoms with van der Waals surface area (Å²) in [6.07, 6.45) is 0. The number of hydrogen-bond donors (Lipinski definition) is 1. The summed E-state index contributed by atoms with van der Waals surface area (Å²) in [7, 11) is 0. The maximum Gasteiger partial charge on any atom is 0.382 e. The van der Waals surface area contributed by atoms with E-state index in [1.165, 1.54) is 24.3 Å². The number of anilines is 1. The maximum atomic E-state index is 13.5. The predicted molar refractivity (Wildman–Crippen MR) is 64.4 cm³/mol. The lowest BCUT2D eigenvalue weighted by Gasteiger charge is -2.24. The highest BCUT2D eigenvalue weighted by Gasteiger charge is 2.80. The van der Waals surface area contributed by atoms with Crippen molar-refractivity contribution in [3.05, 3.63) is 34.2 Å². The van der Waals surface area contributed by atoms with E-state index in [1.54, 1.807) is 0 Å². The summed E-state index contributed by atoms with van der Waals surface area (Å²) >= 11 is 5.06. The lowest BCUT2D eigenvalue weighted by Crippen LogP contribution is -2.48. The first-order valence-electron chi connectivity index (χ1n) is 5.10. The van der Waals surface area contributed by atoms with E-state index in [-0.39, 0.29) is 22.3 Å². The standard InChI is InChI=1S/C11H6ClF6NS/c12-7-8(20-6-4-2-1-3-5(6)19)10(15,16)11(17,18)9(7,13)14/h1-4H,19H2. The molecule has 0 saturated heterocycles. The van der Waals surface area contributed by atoms with Gasteiger partial charge < -0.3 is 5.73 Å². The second kappa shape index (κ2) is 4.49. The molecule has 2 rings (SSSR count). The third-order valence-electron chi connectivity index (χ3n) is 2.68. The van der Waals surface area contributed by atoms with E-state index < -0.39 is 27.7 Å². The largest absolute Gasteiger partial charge is 0.398 e. The van der Waals surface area contributed by atoms with Crippen molar-refractivity contribution < 1.29 is 26.3 Å². The van der Waals surface area contributed by atoms with Gasteiger partial charge in [-0.3, -0.25) is 0 Å². The van der Waals surface area contributed by atoms with Crippen molar-refractivity contribution in [1.82, 2.24) is 0 Å². The highest BCUT2D eigenvalue weighted by Crippen LogP contribution is 2.63. The van der Waals surface area contributed by atoms with Gasteiger partial charge in [-0.25, -0.2) is 0 Å². The van der Waals surface area contributed by atoms with E-state index in [0.717, 1.165) is 0 Å². The van der Waals surface area contributed by atoms with E-state index in [4.69, 9.17) is 17.3 Å². The predicted octanol–water partition coefficient (Wildman–Crippen LogP) is 4.73. The van der Waals surface area contributed by atoms with Crippen molar-refractivity contribution >= 4 is 29.1 Å². The number of benzene rings is 1. The van der Waals surface area contributed by atoms with Crippen molar-refractivity contribution in [2.75, 3.05) is 5.73 Å². The van der Waals surface area contributed by atoms with Crippen LogP contribution in [0.1, 0.15) is 0 Å². The van der Waals surface area contributed by atoms with Crippen LogP contribution in [0.25, 0.3) is 0 Å². The Morgan fingerprint density at radius 1 is 0.950 bits per heavy atom. The molecule has 0 saturated carbocycles. The van der Waals surface area contributed by atoms with Gasteiger partial charge in [0.05, 0.1) is 4.91 Å². The molecule has 1 aliphatic rings. The molecule has 0 spiro atoms. The van der Waals surface area contributed by atoms with Crippen LogP contribution in [0, 0.1) is 0 Å². The Labute approximate surface area is 118 Å². The molecular formula is C11H6ClF6NS. The zero-order chi connectivity index (χ0) is 15.3. The summed E-state index contributed by atoms with van der Waals surface area (Å²) in [6, 6.07) is 5.43. The molecule has 0 atom stereocenters. The molecule has 1 nitrogen and oxygen atoms in total. The zero-order valence-electron chi connectivity index (χ0n) is 9.44. The molecule has 0 heterocycles.